The first-order valence-corrected chi connectivity index (χ1v) is 10.3. The third kappa shape index (κ3) is 5.12. The van der Waals surface area contributed by atoms with E-state index in [0.717, 1.165) is 25.7 Å². The lowest BCUT2D eigenvalue weighted by Crippen LogP contribution is -2.28. The summed E-state index contributed by atoms with van der Waals surface area (Å²) in [5.74, 6) is -0.480. The molecule has 1 aliphatic rings. The van der Waals surface area contributed by atoms with Crippen LogP contribution in [0.5, 0.6) is 11.5 Å². The Morgan fingerprint density at radius 3 is 1.37 bits per heavy atom. The van der Waals surface area contributed by atoms with Gasteiger partial charge in [0.1, 0.15) is 23.7 Å². The van der Waals surface area contributed by atoms with E-state index < -0.39 is 24.1 Å². The highest BCUT2D eigenvalue weighted by Gasteiger charge is 2.36. The monoisotopic (exact) mass is 412 g/mol. The van der Waals surface area contributed by atoms with E-state index in [9.17, 15) is 19.8 Å². The van der Waals surface area contributed by atoms with Gasteiger partial charge in [0.25, 0.3) is 0 Å². The maximum Gasteiger partial charge on any atom is 0.303 e. The number of carbonyl (C=O) groups excluding carboxylic acids is 2. The Balaban J connectivity index is 1.78. The summed E-state index contributed by atoms with van der Waals surface area (Å²) in [6.07, 6.45) is 1.90. The lowest BCUT2D eigenvalue weighted by atomic mass is 9.74. The fourth-order valence-corrected chi connectivity index (χ4v) is 4.39. The van der Waals surface area contributed by atoms with E-state index in [1.807, 2.05) is 12.1 Å². The Hall–Kier alpha value is -3.02. The molecule has 0 spiro atoms. The first-order valence-electron chi connectivity index (χ1n) is 10.3. The van der Waals surface area contributed by atoms with Crippen LogP contribution in [0.2, 0.25) is 0 Å². The summed E-state index contributed by atoms with van der Waals surface area (Å²) in [6.45, 7) is 2.74. The number of phenolic OH excluding ortho intramolecular Hbond substituents is 2. The van der Waals surface area contributed by atoms with E-state index in [4.69, 9.17) is 9.47 Å². The Kier molecular flexibility index (Phi) is 6.98. The summed E-state index contributed by atoms with van der Waals surface area (Å²) in [6, 6.07) is 13.8. The molecule has 2 atom stereocenters. The lowest BCUT2D eigenvalue weighted by Gasteiger charge is -2.36. The molecule has 2 N–H and O–H groups in total. The Morgan fingerprint density at radius 2 is 1.07 bits per heavy atom. The molecule has 1 aliphatic carbocycles. The van der Waals surface area contributed by atoms with Gasteiger partial charge >= 0.3 is 11.9 Å². The van der Waals surface area contributed by atoms with Crippen LogP contribution in [-0.2, 0) is 19.1 Å². The number of ether oxygens (including phenoxy) is 2. The van der Waals surface area contributed by atoms with Gasteiger partial charge in [0.05, 0.1) is 0 Å². The maximum atomic E-state index is 11.7. The van der Waals surface area contributed by atoms with Gasteiger partial charge in [0.15, 0.2) is 0 Å². The minimum Gasteiger partial charge on any atom is -0.508 e. The Labute approximate surface area is 176 Å². The predicted octanol–water partition coefficient (Wildman–Crippen LogP) is 4.81. The highest BCUT2D eigenvalue weighted by Crippen LogP contribution is 2.46. The van der Waals surface area contributed by atoms with Crippen molar-refractivity contribution in [2.45, 2.75) is 51.7 Å². The predicted molar refractivity (Wildman–Crippen MR) is 111 cm³/mol. The molecule has 1 fully saturated rings. The van der Waals surface area contributed by atoms with E-state index in [0.29, 0.717) is 11.1 Å². The molecule has 1 saturated carbocycles. The first-order chi connectivity index (χ1) is 14.4. The van der Waals surface area contributed by atoms with Crippen LogP contribution < -0.4 is 0 Å². The van der Waals surface area contributed by atoms with Gasteiger partial charge < -0.3 is 19.7 Å². The first kappa shape index (κ1) is 21.7. The highest BCUT2D eigenvalue weighted by molar-refractivity contribution is 5.67. The van der Waals surface area contributed by atoms with Crippen LogP contribution >= 0.6 is 0 Å². The normalized spacial score (nSPS) is 20.7. The van der Waals surface area contributed by atoms with Crippen LogP contribution in [0, 0.1) is 11.8 Å². The molecule has 0 bridgehead atoms. The molecular formula is C24H28O6. The van der Waals surface area contributed by atoms with Gasteiger partial charge in [-0.2, -0.15) is 0 Å². The summed E-state index contributed by atoms with van der Waals surface area (Å²) in [5.41, 5.74) is 1.21. The largest absolute Gasteiger partial charge is 0.508 e. The van der Waals surface area contributed by atoms with Crippen LogP contribution in [0.25, 0.3) is 0 Å². The summed E-state index contributed by atoms with van der Waals surface area (Å²) in [5, 5.41) is 20.5. The molecule has 6 heteroatoms. The summed E-state index contributed by atoms with van der Waals surface area (Å²) in [4.78, 5) is 23.4. The van der Waals surface area contributed by atoms with Crippen molar-refractivity contribution in [1.82, 2.24) is 0 Å². The molecule has 160 valence electrons. The summed E-state index contributed by atoms with van der Waals surface area (Å²) in [7, 11) is 0. The van der Waals surface area contributed by atoms with Crippen LogP contribution in [0.4, 0.5) is 0 Å². The van der Waals surface area contributed by atoms with Gasteiger partial charge in [0.2, 0.25) is 0 Å². The molecule has 3 rings (SSSR count). The van der Waals surface area contributed by atoms with Crippen molar-refractivity contribution in [3.05, 3.63) is 59.7 Å². The van der Waals surface area contributed by atoms with Gasteiger partial charge in [-0.3, -0.25) is 9.59 Å². The average molecular weight is 412 g/mol. The van der Waals surface area contributed by atoms with Gasteiger partial charge in [-0.15, -0.1) is 0 Å². The van der Waals surface area contributed by atoms with Crippen LogP contribution in [0.3, 0.4) is 0 Å². The number of phenols is 2. The fraction of sp³-hybridized carbons (Fsp3) is 0.417. The zero-order chi connectivity index (χ0) is 21.7. The van der Waals surface area contributed by atoms with Gasteiger partial charge in [0, 0.05) is 36.8 Å². The Bertz CT molecular complexity index is 811. The standard InChI is InChI=1S/C24H28O6/c1-15(25)29-23(19-7-3-5-9-21(19)27)17-11-13-18(14-12-17)24(30-16(2)26)20-8-4-6-10-22(20)28/h3-10,17-18,23-24,27-28H,11-14H2,1-2H3. The van der Waals surface area contributed by atoms with E-state index in [1.54, 1.807) is 36.4 Å². The van der Waals surface area contributed by atoms with E-state index in [2.05, 4.69) is 0 Å². The van der Waals surface area contributed by atoms with Crippen molar-refractivity contribution in [2.24, 2.45) is 11.8 Å². The maximum absolute atomic E-state index is 11.7. The second-order valence-electron chi connectivity index (χ2n) is 7.85. The number of benzene rings is 2. The number of carbonyl (C=O) groups is 2. The van der Waals surface area contributed by atoms with Gasteiger partial charge in [-0.1, -0.05) is 36.4 Å². The van der Waals surface area contributed by atoms with E-state index in [-0.39, 0.29) is 23.3 Å². The van der Waals surface area contributed by atoms with Crippen molar-refractivity contribution < 1.29 is 29.3 Å². The SMILES string of the molecule is CC(=O)OC(c1ccccc1O)C1CCC(C(OC(C)=O)c2ccccc2O)CC1. The quantitative estimate of drug-likeness (QED) is 0.661. The second-order valence-corrected chi connectivity index (χ2v) is 7.85. The molecular weight excluding hydrogens is 384 g/mol. The molecule has 0 aromatic heterocycles. The number of esters is 2. The minimum absolute atomic E-state index is 0.0424. The molecule has 0 radical (unpaired) electrons. The van der Waals surface area contributed by atoms with E-state index in [1.165, 1.54) is 13.8 Å². The van der Waals surface area contributed by atoms with Crippen molar-refractivity contribution >= 4 is 11.9 Å². The molecule has 2 unspecified atom stereocenters. The zero-order valence-electron chi connectivity index (χ0n) is 17.3. The third-order valence-electron chi connectivity index (χ3n) is 5.75. The van der Waals surface area contributed by atoms with Crippen molar-refractivity contribution in [2.75, 3.05) is 0 Å². The molecule has 30 heavy (non-hydrogen) atoms. The fourth-order valence-electron chi connectivity index (χ4n) is 4.39. The lowest BCUT2D eigenvalue weighted by molar-refractivity contribution is -0.154. The molecule has 2 aromatic rings. The molecule has 0 saturated heterocycles. The number of para-hydroxylation sites is 2. The van der Waals surface area contributed by atoms with Crippen LogP contribution in [-0.4, -0.2) is 22.2 Å². The molecule has 0 heterocycles. The topological polar surface area (TPSA) is 93.1 Å². The molecule has 2 aromatic carbocycles. The number of aromatic hydroxyl groups is 2. The Morgan fingerprint density at radius 1 is 0.733 bits per heavy atom. The van der Waals surface area contributed by atoms with Crippen molar-refractivity contribution in [1.29, 1.82) is 0 Å². The molecule has 0 amide bonds. The van der Waals surface area contributed by atoms with Crippen molar-refractivity contribution in [3.8, 4) is 11.5 Å². The van der Waals surface area contributed by atoms with Crippen LogP contribution in [0.1, 0.15) is 62.9 Å². The molecule has 0 aliphatic heterocycles. The zero-order valence-corrected chi connectivity index (χ0v) is 17.3. The van der Waals surface area contributed by atoms with E-state index >= 15 is 0 Å². The number of hydrogen-bond acceptors (Lipinski definition) is 6. The number of rotatable bonds is 6. The highest BCUT2D eigenvalue weighted by atomic mass is 16.5. The van der Waals surface area contributed by atoms with Gasteiger partial charge in [-0.05, 0) is 37.8 Å². The van der Waals surface area contributed by atoms with Crippen molar-refractivity contribution in [3.63, 3.8) is 0 Å². The minimum atomic E-state index is -0.526. The molecule has 6 nitrogen and oxygen atoms in total. The summed E-state index contributed by atoms with van der Waals surface area (Å²) >= 11 is 0. The summed E-state index contributed by atoms with van der Waals surface area (Å²) < 4.78 is 11.2. The average Bonchev–Trinajstić information content (AvgIpc) is 2.71. The third-order valence-corrected chi connectivity index (χ3v) is 5.75. The number of hydrogen-bond donors (Lipinski definition) is 2. The smallest absolute Gasteiger partial charge is 0.303 e. The van der Waals surface area contributed by atoms with Gasteiger partial charge in [-0.25, -0.2) is 0 Å². The second kappa shape index (κ2) is 9.65. The van der Waals surface area contributed by atoms with Crippen LogP contribution in [0.15, 0.2) is 48.5 Å².